The summed E-state index contributed by atoms with van der Waals surface area (Å²) < 4.78 is 5.49. The molecule has 0 aromatic heterocycles. The zero-order valence-electron chi connectivity index (χ0n) is 15.6. The normalized spacial score (nSPS) is 28.3. The molecule has 0 saturated heterocycles. The summed E-state index contributed by atoms with van der Waals surface area (Å²) in [5, 5.41) is 3.99. The van der Waals surface area contributed by atoms with Crippen LogP contribution >= 0.6 is 12.2 Å². The number of fused-ring (bicyclic) bond motifs is 1. The van der Waals surface area contributed by atoms with Crippen molar-refractivity contribution in [3.8, 4) is 0 Å². The molecule has 6 heteroatoms. The second-order valence-electron chi connectivity index (χ2n) is 7.39. The lowest BCUT2D eigenvalue weighted by Crippen LogP contribution is -2.47. The van der Waals surface area contributed by atoms with Crippen molar-refractivity contribution in [3.05, 3.63) is 29.8 Å². The maximum atomic E-state index is 12.4. The summed E-state index contributed by atoms with van der Waals surface area (Å²) in [5.41, 5.74) is 7.77. The first kappa shape index (κ1) is 19.1. The van der Waals surface area contributed by atoms with Gasteiger partial charge in [-0.05, 0) is 62.9 Å². The number of carbonyl (C=O) groups is 1. The summed E-state index contributed by atoms with van der Waals surface area (Å²) in [7, 11) is 0. The summed E-state index contributed by atoms with van der Waals surface area (Å²) in [6.07, 6.45) is 5.67. The molecule has 142 valence electrons. The van der Waals surface area contributed by atoms with Gasteiger partial charge in [-0.2, -0.15) is 0 Å². The number of nitrogens with one attached hydrogen (secondary N) is 1. The van der Waals surface area contributed by atoms with Gasteiger partial charge in [-0.3, -0.25) is 4.79 Å². The Morgan fingerprint density at radius 1 is 1.31 bits per heavy atom. The van der Waals surface area contributed by atoms with E-state index in [9.17, 15) is 4.79 Å². The number of carbonyl (C=O) groups excluding carboxylic acids is 1. The van der Waals surface area contributed by atoms with Gasteiger partial charge < -0.3 is 20.7 Å². The van der Waals surface area contributed by atoms with Crippen LogP contribution in [0, 0.1) is 0 Å². The molecule has 5 nitrogen and oxygen atoms in total. The van der Waals surface area contributed by atoms with Crippen molar-refractivity contribution in [1.82, 2.24) is 5.32 Å². The minimum absolute atomic E-state index is 0.150. The first-order valence-electron chi connectivity index (χ1n) is 9.62. The second-order valence-corrected chi connectivity index (χ2v) is 7.79. The predicted octanol–water partition coefficient (Wildman–Crippen LogP) is 3.42. The number of rotatable bonds is 4. The minimum Gasteiger partial charge on any atom is -0.468 e. The van der Waals surface area contributed by atoms with E-state index in [4.69, 9.17) is 22.7 Å². The molecular weight excluding hydrogens is 346 g/mol. The molecule has 1 saturated carbocycles. The molecular formula is C20H29N3O2S. The van der Waals surface area contributed by atoms with Gasteiger partial charge in [0.05, 0.1) is 0 Å². The molecule has 0 unspecified atom stereocenters. The van der Waals surface area contributed by atoms with Gasteiger partial charge in [0.25, 0.3) is 5.17 Å². The van der Waals surface area contributed by atoms with E-state index in [0.717, 1.165) is 37.8 Å². The molecule has 3 rings (SSSR count). The monoisotopic (exact) mass is 375 g/mol. The van der Waals surface area contributed by atoms with Crippen LogP contribution in [0.3, 0.4) is 0 Å². The molecule has 1 aliphatic heterocycles. The Labute approximate surface area is 161 Å². The quantitative estimate of drug-likeness (QED) is 0.789. The van der Waals surface area contributed by atoms with E-state index in [1.807, 2.05) is 17.9 Å². The topological polar surface area (TPSA) is 67.6 Å². The Morgan fingerprint density at radius 2 is 2.00 bits per heavy atom. The Kier molecular flexibility index (Phi) is 6.14. The van der Waals surface area contributed by atoms with Gasteiger partial charge in [-0.1, -0.05) is 25.1 Å². The van der Waals surface area contributed by atoms with E-state index in [1.165, 1.54) is 5.56 Å². The van der Waals surface area contributed by atoms with E-state index in [1.54, 1.807) is 0 Å². The highest BCUT2D eigenvalue weighted by Gasteiger charge is 2.34. The fourth-order valence-corrected chi connectivity index (χ4v) is 4.45. The maximum Gasteiger partial charge on any atom is 0.254 e. The summed E-state index contributed by atoms with van der Waals surface area (Å²) >= 11 is 4.84. The average molecular weight is 376 g/mol. The van der Waals surface area contributed by atoms with E-state index in [-0.39, 0.29) is 29.3 Å². The Bertz CT molecular complexity index is 658. The SMILES string of the molecule is CCC(=O)N1c2ccccc2[C@H](NC2CCC(OC(N)=S)CC2)C[C@@H]1C. The molecule has 0 radical (unpaired) electrons. The smallest absolute Gasteiger partial charge is 0.254 e. The van der Waals surface area contributed by atoms with Crippen LogP contribution in [0.4, 0.5) is 5.69 Å². The van der Waals surface area contributed by atoms with E-state index < -0.39 is 0 Å². The van der Waals surface area contributed by atoms with Crippen LogP contribution in [0.5, 0.6) is 0 Å². The lowest BCUT2D eigenvalue weighted by atomic mass is 9.88. The third kappa shape index (κ3) is 4.18. The standard InChI is InChI=1S/C20H29N3O2S/c1-3-19(24)23-13(2)12-17(16-6-4-5-7-18(16)23)22-14-8-10-15(11-9-14)25-20(21)26/h4-7,13-15,17,22H,3,8-12H2,1-2H3,(H2,21,26)/t13-,14?,15?,17+/m0/s1. The zero-order valence-corrected chi connectivity index (χ0v) is 16.4. The first-order chi connectivity index (χ1) is 12.5. The third-order valence-electron chi connectivity index (χ3n) is 5.55. The first-order valence-corrected chi connectivity index (χ1v) is 10.0. The van der Waals surface area contributed by atoms with Gasteiger partial charge in [0.2, 0.25) is 5.91 Å². The molecule has 2 aliphatic rings. The van der Waals surface area contributed by atoms with Gasteiger partial charge >= 0.3 is 0 Å². The van der Waals surface area contributed by atoms with Gasteiger partial charge in [-0.15, -0.1) is 0 Å². The van der Waals surface area contributed by atoms with Crippen molar-refractivity contribution in [2.24, 2.45) is 5.73 Å². The van der Waals surface area contributed by atoms with Crippen molar-refractivity contribution in [2.75, 3.05) is 4.90 Å². The fraction of sp³-hybridized carbons (Fsp3) is 0.600. The molecule has 1 amide bonds. The van der Waals surface area contributed by atoms with Crippen LogP contribution in [0.1, 0.15) is 64.0 Å². The number of nitrogens with two attached hydrogens (primary N) is 1. The van der Waals surface area contributed by atoms with Gasteiger partial charge in [0.15, 0.2) is 0 Å². The highest BCUT2D eigenvalue weighted by atomic mass is 32.1. The van der Waals surface area contributed by atoms with Crippen molar-refractivity contribution in [2.45, 2.75) is 76.6 Å². The van der Waals surface area contributed by atoms with E-state index in [2.05, 4.69) is 30.4 Å². The number of para-hydroxylation sites is 1. The number of nitrogens with zero attached hydrogens (tertiary/aromatic N) is 1. The predicted molar refractivity (Wildman–Crippen MR) is 108 cm³/mol. The number of thiocarbonyl (C=S) groups is 1. The maximum absolute atomic E-state index is 12.4. The number of hydrogen-bond donors (Lipinski definition) is 2. The van der Waals surface area contributed by atoms with Gasteiger partial charge in [0.1, 0.15) is 6.10 Å². The number of ether oxygens (including phenoxy) is 1. The van der Waals surface area contributed by atoms with Gasteiger partial charge in [0, 0.05) is 30.2 Å². The zero-order chi connectivity index (χ0) is 18.7. The average Bonchev–Trinajstić information content (AvgIpc) is 2.62. The molecule has 2 atom stereocenters. The molecule has 1 fully saturated rings. The van der Waals surface area contributed by atoms with Crippen LogP contribution in [0.25, 0.3) is 0 Å². The van der Waals surface area contributed by atoms with Crippen molar-refractivity contribution in [1.29, 1.82) is 0 Å². The highest BCUT2D eigenvalue weighted by molar-refractivity contribution is 7.80. The van der Waals surface area contributed by atoms with Gasteiger partial charge in [-0.25, -0.2) is 0 Å². The van der Waals surface area contributed by atoms with Crippen LogP contribution in [0.15, 0.2) is 24.3 Å². The third-order valence-corrected chi connectivity index (χ3v) is 5.65. The van der Waals surface area contributed by atoms with E-state index in [0.29, 0.717) is 12.5 Å². The van der Waals surface area contributed by atoms with Crippen molar-refractivity contribution >= 4 is 29.0 Å². The largest absolute Gasteiger partial charge is 0.468 e. The van der Waals surface area contributed by atoms with Crippen LogP contribution in [-0.2, 0) is 9.53 Å². The van der Waals surface area contributed by atoms with Crippen LogP contribution < -0.4 is 16.0 Å². The molecule has 1 aromatic carbocycles. The molecule has 0 bridgehead atoms. The fourth-order valence-electron chi connectivity index (χ4n) is 4.32. The summed E-state index contributed by atoms with van der Waals surface area (Å²) in [6.45, 7) is 4.07. The number of anilines is 1. The summed E-state index contributed by atoms with van der Waals surface area (Å²) in [6, 6.07) is 9.23. The second kappa shape index (κ2) is 8.35. The molecule has 0 spiro atoms. The van der Waals surface area contributed by atoms with Crippen LogP contribution in [-0.4, -0.2) is 29.3 Å². The molecule has 26 heavy (non-hydrogen) atoms. The van der Waals surface area contributed by atoms with Crippen molar-refractivity contribution in [3.63, 3.8) is 0 Å². The van der Waals surface area contributed by atoms with E-state index >= 15 is 0 Å². The Balaban J connectivity index is 1.69. The molecule has 1 heterocycles. The molecule has 3 N–H and O–H groups in total. The Hall–Kier alpha value is -1.66. The Morgan fingerprint density at radius 3 is 2.65 bits per heavy atom. The lowest BCUT2D eigenvalue weighted by Gasteiger charge is -2.41. The number of amides is 1. The molecule has 1 aliphatic carbocycles. The number of hydrogen-bond acceptors (Lipinski definition) is 4. The summed E-state index contributed by atoms with van der Waals surface area (Å²) in [5.74, 6) is 0.193. The van der Waals surface area contributed by atoms with Crippen LogP contribution in [0.2, 0.25) is 0 Å². The van der Waals surface area contributed by atoms with Crippen molar-refractivity contribution < 1.29 is 9.53 Å². The highest BCUT2D eigenvalue weighted by Crippen LogP contribution is 2.38. The summed E-state index contributed by atoms with van der Waals surface area (Å²) in [4.78, 5) is 14.4. The lowest BCUT2D eigenvalue weighted by molar-refractivity contribution is -0.118. The molecule has 1 aromatic rings. The number of benzene rings is 1. The minimum atomic E-state index is 0.150.